The lowest BCUT2D eigenvalue weighted by molar-refractivity contribution is -0.115. The lowest BCUT2D eigenvalue weighted by Crippen LogP contribution is -2.26. The van der Waals surface area contributed by atoms with Crippen molar-refractivity contribution < 1.29 is 4.79 Å². The number of carbonyl (C=O) groups excluding carboxylic acids is 1. The maximum absolute atomic E-state index is 12.8. The van der Waals surface area contributed by atoms with Gasteiger partial charge in [0.05, 0.1) is 26.9 Å². The molecule has 0 saturated carbocycles. The van der Waals surface area contributed by atoms with Gasteiger partial charge in [-0.15, -0.1) is 0 Å². The van der Waals surface area contributed by atoms with Gasteiger partial charge in [-0.25, -0.2) is 4.98 Å². The SMILES string of the molecule is CCn1c(SC(C)C(=O)Nc2ccccc2Cl)nc2ccc(Br)cc2c1=O. The molecule has 0 bridgehead atoms. The summed E-state index contributed by atoms with van der Waals surface area (Å²) in [5.41, 5.74) is 1.04. The van der Waals surface area contributed by atoms with E-state index in [-0.39, 0.29) is 11.5 Å². The number of fused-ring (bicyclic) bond motifs is 1. The molecule has 0 aliphatic carbocycles. The molecule has 1 atom stereocenters. The first-order chi connectivity index (χ1) is 12.9. The van der Waals surface area contributed by atoms with E-state index < -0.39 is 5.25 Å². The summed E-state index contributed by atoms with van der Waals surface area (Å²) in [6.45, 7) is 4.12. The van der Waals surface area contributed by atoms with Gasteiger partial charge in [0.25, 0.3) is 5.56 Å². The van der Waals surface area contributed by atoms with Crippen LogP contribution in [0.3, 0.4) is 0 Å². The van der Waals surface area contributed by atoms with Crippen LogP contribution in [-0.4, -0.2) is 20.7 Å². The maximum Gasteiger partial charge on any atom is 0.262 e. The maximum atomic E-state index is 12.8. The molecule has 140 valence electrons. The second kappa shape index (κ2) is 8.46. The van der Waals surface area contributed by atoms with Gasteiger partial charge in [0.1, 0.15) is 0 Å². The average Bonchev–Trinajstić information content (AvgIpc) is 2.64. The molecule has 0 spiro atoms. The van der Waals surface area contributed by atoms with E-state index in [9.17, 15) is 9.59 Å². The summed E-state index contributed by atoms with van der Waals surface area (Å²) in [7, 11) is 0. The summed E-state index contributed by atoms with van der Waals surface area (Å²) in [4.78, 5) is 29.9. The van der Waals surface area contributed by atoms with Crippen molar-refractivity contribution in [3.05, 3.63) is 62.3 Å². The topological polar surface area (TPSA) is 64.0 Å². The van der Waals surface area contributed by atoms with Crippen molar-refractivity contribution in [3.63, 3.8) is 0 Å². The first kappa shape index (κ1) is 19.9. The zero-order chi connectivity index (χ0) is 19.6. The molecule has 1 N–H and O–H groups in total. The Hall–Kier alpha value is -1.83. The summed E-state index contributed by atoms with van der Waals surface area (Å²) in [5.74, 6) is -0.207. The lowest BCUT2D eigenvalue weighted by Gasteiger charge is -2.16. The molecule has 3 aromatic rings. The van der Waals surface area contributed by atoms with Gasteiger partial charge in [-0.3, -0.25) is 14.2 Å². The van der Waals surface area contributed by atoms with Crippen molar-refractivity contribution in [3.8, 4) is 0 Å². The number of aromatic nitrogens is 2. The van der Waals surface area contributed by atoms with Crippen LogP contribution in [-0.2, 0) is 11.3 Å². The zero-order valence-corrected chi connectivity index (χ0v) is 17.9. The summed E-state index contributed by atoms with van der Waals surface area (Å²) in [6.07, 6.45) is 0. The van der Waals surface area contributed by atoms with E-state index in [1.165, 1.54) is 11.8 Å². The molecule has 1 unspecified atom stereocenters. The summed E-state index contributed by atoms with van der Waals surface area (Å²) in [5, 5.41) is 3.89. The van der Waals surface area contributed by atoms with Gasteiger partial charge in [-0.05, 0) is 44.2 Å². The Morgan fingerprint density at radius 2 is 2.07 bits per heavy atom. The first-order valence-corrected chi connectivity index (χ1v) is 10.4. The number of rotatable bonds is 5. The van der Waals surface area contributed by atoms with Crippen molar-refractivity contribution in [1.82, 2.24) is 9.55 Å². The number of nitrogens with one attached hydrogen (secondary N) is 1. The van der Waals surface area contributed by atoms with Gasteiger partial charge >= 0.3 is 0 Å². The van der Waals surface area contributed by atoms with Crippen molar-refractivity contribution in [1.29, 1.82) is 0 Å². The fraction of sp³-hybridized carbons (Fsp3) is 0.211. The fourth-order valence-electron chi connectivity index (χ4n) is 2.55. The monoisotopic (exact) mass is 465 g/mol. The molecule has 1 heterocycles. The number of benzene rings is 2. The predicted octanol–water partition coefficient (Wildman–Crippen LogP) is 4.95. The Morgan fingerprint density at radius 1 is 1.33 bits per heavy atom. The molecular weight excluding hydrogens is 450 g/mol. The van der Waals surface area contributed by atoms with Crippen LogP contribution >= 0.6 is 39.3 Å². The molecular formula is C19H17BrClN3O2S. The molecule has 5 nitrogen and oxygen atoms in total. The molecule has 27 heavy (non-hydrogen) atoms. The van der Waals surface area contributed by atoms with Crippen LogP contribution in [0.25, 0.3) is 10.9 Å². The van der Waals surface area contributed by atoms with E-state index in [0.29, 0.717) is 33.3 Å². The van der Waals surface area contributed by atoms with Crippen LogP contribution < -0.4 is 10.9 Å². The number of halogens is 2. The lowest BCUT2D eigenvalue weighted by atomic mass is 10.2. The second-order valence-corrected chi connectivity index (χ2v) is 8.47. The van der Waals surface area contributed by atoms with E-state index in [2.05, 4.69) is 26.2 Å². The highest BCUT2D eigenvalue weighted by molar-refractivity contribution is 9.10. The molecule has 8 heteroatoms. The third-order valence-corrected chi connectivity index (χ3v) is 5.89. The van der Waals surface area contributed by atoms with Gasteiger partial charge in [-0.1, -0.05) is 51.4 Å². The Bertz CT molecular complexity index is 1070. The number of anilines is 1. The molecule has 1 aromatic heterocycles. The fourth-order valence-corrected chi connectivity index (χ4v) is 4.07. The van der Waals surface area contributed by atoms with Crippen LogP contribution in [0.15, 0.2) is 56.9 Å². The van der Waals surface area contributed by atoms with Crippen LogP contribution in [0.4, 0.5) is 5.69 Å². The van der Waals surface area contributed by atoms with Gasteiger partial charge < -0.3 is 5.32 Å². The molecule has 3 rings (SSSR count). The molecule has 2 aromatic carbocycles. The average molecular weight is 467 g/mol. The number of nitrogens with zero attached hydrogens (tertiary/aromatic N) is 2. The normalized spacial score (nSPS) is 12.1. The molecule has 0 fully saturated rings. The number of thioether (sulfide) groups is 1. The number of para-hydroxylation sites is 1. The summed E-state index contributed by atoms with van der Waals surface area (Å²) in [6, 6.07) is 12.5. The highest BCUT2D eigenvalue weighted by atomic mass is 79.9. The minimum Gasteiger partial charge on any atom is -0.324 e. The van der Waals surface area contributed by atoms with E-state index >= 15 is 0 Å². The number of hydrogen-bond donors (Lipinski definition) is 1. The van der Waals surface area contributed by atoms with E-state index in [1.54, 1.807) is 47.9 Å². The Kier molecular flexibility index (Phi) is 6.24. The van der Waals surface area contributed by atoms with Crippen LogP contribution in [0, 0.1) is 0 Å². The van der Waals surface area contributed by atoms with E-state index in [4.69, 9.17) is 11.6 Å². The summed E-state index contributed by atoms with van der Waals surface area (Å²) >= 11 is 10.7. The highest BCUT2D eigenvalue weighted by Gasteiger charge is 2.20. The second-order valence-electron chi connectivity index (χ2n) is 5.83. The molecule has 0 saturated heterocycles. The zero-order valence-electron chi connectivity index (χ0n) is 14.7. The van der Waals surface area contributed by atoms with Crippen molar-refractivity contribution >= 4 is 61.8 Å². The largest absolute Gasteiger partial charge is 0.324 e. The standard InChI is InChI=1S/C19H17BrClN3O2S/c1-3-24-18(26)13-10-12(20)8-9-15(13)23-19(24)27-11(2)17(25)22-16-7-5-4-6-14(16)21/h4-11H,3H2,1-2H3,(H,22,25). The number of amides is 1. The Labute approximate surface area is 174 Å². The van der Waals surface area contributed by atoms with Crippen LogP contribution in [0.2, 0.25) is 5.02 Å². The quantitative estimate of drug-likeness (QED) is 0.427. The molecule has 0 radical (unpaired) electrons. The third-order valence-electron chi connectivity index (χ3n) is 3.98. The molecule has 0 aliphatic heterocycles. The molecule has 1 amide bonds. The van der Waals surface area contributed by atoms with Gasteiger partial charge in [0, 0.05) is 11.0 Å². The Balaban J connectivity index is 1.89. The highest BCUT2D eigenvalue weighted by Crippen LogP contribution is 2.26. The number of carbonyl (C=O) groups is 1. The van der Waals surface area contributed by atoms with E-state index in [0.717, 1.165) is 4.47 Å². The minimum absolute atomic E-state index is 0.120. The first-order valence-electron chi connectivity index (χ1n) is 8.33. The van der Waals surface area contributed by atoms with Gasteiger partial charge in [0.2, 0.25) is 5.91 Å². The van der Waals surface area contributed by atoms with Crippen LogP contribution in [0.1, 0.15) is 13.8 Å². The van der Waals surface area contributed by atoms with Crippen molar-refractivity contribution in [2.24, 2.45) is 0 Å². The molecule has 0 aliphatic rings. The number of hydrogen-bond acceptors (Lipinski definition) is 4. The predicted molar refractivity (Wildman–Crippen MR) is 115 cm³/mol. The smallest absolute Gasteiger partial charge is 0.262 e. The van der Waals surface area contributed by atoms with E-state index in [1.807, 2.05) is 13.0 Å². The Morgan fingerprint density at radius 3 is 2.78 bits per heavy atom. The minimum atomic E-state index is -0.459. The van der Waals surface area contributed by atoms with Gasteiger partial charge in [-0.2, -0.15) is 0 Å². The van der Waals surface area contributed by atoms with Crippen molar-refractivity contribution in [2.75, 3.05) is 5.32 Å². The van der Waals surface area contributed by atoms with Crippen LogP contribution in [0.5, 0.6) is 0 Å². The van der Waals surface area contributed by atoms with Gasteiger partial charge in [0.15, 0.2) is 5.16 Å². The van der Waals surface area contributed by atoms with Crippen molar-refractivity contribution in [2.45, 2.75) is 30.8 Å². The summed E-state index contributed by atoms with van der Waals surface area (Å²) < 4.78 is 2.41. The third kappa shape index (κ3) is 4.36.